The molecule has 1 saturated carbocycles. The van der Waals surface area contributed by atoms with Crippen LogP contribution in [0.15, 0.2) is 97.5 Å². The van der Waals surface area contributed by atoms with E-state index in [1.807, 2.05) is 36.4 Å². The van der Waals surface area contributed by atoms with Crippen molar-refractivity contribution < 1.29 is 4.74 Å². The monoisotopic (exact) mass is 458 g/mol. The predicted molar refractivity (Wildman–Crippen MR) is 139 cm³/mol. The summed E-state index contributed by atoms with van der Waals surface area (Å²) in [7, 11) is 0. The van der Waals surface area contributed by atoms with E-state index in [0.29, 0.717) is 12.5 Å². The van der Waals surface area contributed by atoms with Gasteiger partial charge in [-0.3, -0.25) is 4.98 Å². The Hall–Kier alpha value is -4.09. The minimum atomic E-state index is -0.147. The van der Waals surface area contributed by atoms with E-state index in [0.717, 1.165) is 52.5 Å². The molecule has 0 amide bonds. The van der Waals surface area contributed by atoms with E-state index in [9.17, 15) is 0 Å². The van der Waals surface area contributed by atoms with Gasteiger partial charge in [0.1, 0.15) is 0 Å². The molecule has 3 aromatic heterocycles. The minimum absolute atomic E-state index is 0.147. The molecular weight excluding hydrogens is 432 g/mol. The van der Waals surface area contributed by atoms with Crippen LogP contribution in [0.4, 0.5) is 0 Å². The normalized spacial score (nSPS) is 14.1. The molecule has 5 nitrogen and oxygen atoms in total. The highest BCUT2D eigenvalue weighted by Gasteiger charge is 2.39. The van der Waals surface area contributed by atoms with Crippen LogP contribution in [0.25, 0.3) is 33.3 Å². The zero-order valence-corrected chi connectivity index (χ0v) is 19.4. The van der Waals surface area contributed by atoms with Crippen molar-refractivity contribution in [3.05, 3.63) is 109 Å². The average molecular weight is 459 g/mol. The Morgan fingerprint density at radius 1 is 0.829 bits per heavy atom. The molecule has 0 saturated heterocycles. The molecule has 6 rings (SSSR count). The molecule has 2 N–H and O–H groups in total. The number of benzene rings is 2. The topological polar surface area (TPSA) is 73.9 Å². The molecule has 1 aliphatic rings. The van der Waals surface area contributed by atoms with E-state index in [2.05, 4.69) is 52.4 Å². The number of hydrogen-bond acceptors (Lipinski definition) is 5. The highest BCUT2D eigenvalue weighted by Crippen LogP contribution is 2.43. The fraction of sp³-hybridized carbons (Fsp3) is 0.167. The molecule has 3 heterocycles. The van der Waals surface area contributed by atoms with Crippen LogP contribution in [0, 0.1) is 0 Å². The number of nitrogens with two attached hydrogens (primary N) is 1. The number of fused-ring (bicyclic) bond motifs is 1. The summed E-state index contributed by atoms with van der Waals surface area (Å²) in [6.45, 7) is 0.529. The maximum atomic E-state index is 6.41. The summed E-state index contributed by atoms with van der Waals surface area (Å²) in [5, 5.41) is 0.903. The molecule has 0 radical (unpaired) electrons. The van der Waals surface area contributed by atoms with Crippen LogP contribution in [-0.2, 0) is 12.0 Å². The summed E-state index contributed by atoms with van der Waals surface area (Å²) in [5.41, 5.74) is 13.6. The highest BCUT2D eigenvalue weighted by molar-refractivity contribution is 5.93. The fourth-order valence-electron chi connectivity index (χ4n) is 4.44. The molecule has 5 aromatic rings. The van der Waals surface area contributed by atoms with Crippen molar-refractivity contribution in [2.24, 2.45) is 5.73 Å². The van der Waals surface area contributed by atoms with Gasteiger partial charge in [-0.1, -0.05) is 54.6 Å². The lowest BCUT2D eigenvalue weighted by molar-refractivity contribution is 0.313. The number of rotatable bonds is 7. The first-order valence-corrected chi connectivity index (χ1v) is 12.0. The fourth-order valence-corrected chi connectivity index (χ4v) is 4.44. The molecule has 35 heavy (non-hydrogen) atoms. The number of nitrogens with zero attached hydrogens (tertiary/aromatic N) is 3. The molecule has 0 bridgehead atoms. The molecule has 1 aliphatic carbocycles. The third kappa shape index (κ3) is 4.38. The van der Waals surface area contributed by atoms with E-state index < -0.39 is 0 Å². The Morgan fingerprint density at radius 2 is 1.60 bits per heavy atom. The largest absolute Gasteiger partial charge is 0.477 e. The standard InChI is InChI=1S/C30H26N4O/c31-30(14-15-30)24-8-6-23(7-9-24)28-25(22-4-2-1-3-5-22)20-26-27(34-28)12-18-33-29(26)35-19-13-21-10-16-32-17-11-21/h1-12,16-18,20H,13-15,19,31H2. The Bertz CT molecular complexity index is 1460. The summed E-state index contributed by atoms with van der Waals surface area (Å²) in [5.74, 6) is 0.599. The van der Waals surface area contributed by atoms with E-state index in [1.54, 1.807) is 18.6 Å². The van der Waals surface area contributed by atoms with Crippen LogP contribution in [0.1, 0.15) is 24.0 Å². The smallest absolute Gasteiger partial charge is 0.222 e. The van der Waals surface area contributed by atoms with Crippen molar-refractivity contribution in [2.45, 2.75) is 24.8 Å². The van der Waals surface area contributed by atoms with Crippen molar-refractivity contribution in [1.82, 2.24) is 15.0 Å². The van der Waals surface area contributed by atoms with Gasteiger partial charge in [-0.05, 0) is 53.8 Å². The first-order chi connectivity index (χ1) is 17.2. The first-order valence-electron chi connectivity index (χ1n) is 12.0. The van der Waals surface area contributed by atoms with Crippen LogP contribution in [0.3, 0.4) is 0 Å². The van der Waals surface area contributed by atoms with Gasteiger partial charge < -0.3 is 10.5 Å². The summed E-state index contributed by atoms with van der Waals surface area (Å²) < 4.78 is 6.13. The van der Waals surface area contributed by atoms with Gasteiger partial charge >= 0.3 is 0 Å². The lowest BCUT2D eigenvalue weighted by atomic mass is 9.96. The van der Waals surface area contributed by atoms with Gasteiger partial charge in [0.05, 0.1) is 23.2 Å². The second-order valence-corrected chi connectivity index (χ2v) is 9.12. The van der Waals surface area contributed by atoms with Crippen molar-refractivity contribution >= 4 is 10.9 Å². The van der Waals surface area contributed by atoms with Gasteiger partial charge in [0, 0.05) is 41.7 Å². The van der Waals surface area contributed by atoms with Gasteiger partial charge in [-0.25, -0.2) is 9.97 Å². The Labute approximate surface area is 204 Å². The molecule has 1 fully saturated rings. The van der Waals surface area contributed by atoms with Crippen LogP contribution in [0.5, 0.6) is 5.88 Å². The third-order valence-corrected chi connectivity index (χ3v) is 6.69. The lowest BCUT2D eigenvalue weighted by Crippen LogP contribution is -2.18. The van der Waals surface area contributed by atoms with Crippen molar-refractivity contribution in [3.8, 4) is 28.3 Å². The van der Waals surface area contributed by atoms with Gasteiger partial charge in [0.25, 0.3) is 0 Å². The van der Waals surface area contributed by atoms with Gasteiger partial charge in [0.2, 0.25) is 5.88 Å². The van der Waals surface area contributed by atoms with Crippen molar-refractivity contribution in [3.63, 3.8) is 0 Å². The number of aromatic nitrogens is 3. The van der Waals surface area contributed by atoms with E-state index in [1.165, 1.54) is 11.1 Å². The summed E-state index contributed by atoms with van der Waals surface area (Å²) >= 11 is 0. The van der Waals surface area contributed by atoms with Gasteiger partial charge in [0.15, 0.2) is 0 Å². The summed E-state index contributed by atoms with van der Waals surface area (Å²) in [6, 6.07) is 27.0. The molecule has 2 aromatic carbocycles. The highest BCUT2D eigenvalue weighted by atomic mass is 16.5. The van der Waals surface area contributed by atoms with Crippen molar-refractivity contribution in [2.75, 3.05) is 6.61 Å². The van der Waals surface area contributed by atoms with Crippen molar-refractivity contribution in [1.29, 1.82) is 0 Å². The lowest BCUT2D eigenvalue weighted by Gasteiger charge is -2.15. The minimum Gasteiger partial charge on any atom is -0.477 e. The van der Waals surface area contributed by atoms with E-state index in [4.69, 9.17) is 15.5 Å². The Kier molecular flexibility index (Phi) is 5.47. The number of hydrogen-bond donors (Lipinski definition) is 1. The first kappa shape index (κ1) is 21.4. The Balaban J connectivity index is 1.39. The summed E-state index contributed by atoms with van der Waals surface area (Å²) in [6.07, 6.45) is 8.24. The third-order valence-electron chi connectivity index (χ3n) is 6.69. The molecular formula is C30H26N4O. The second-order valence-electron chi connectivity index (χ2n) is 9.12. The average Bonchev–Trinajstić information content (AvgIpc) is 3.68. The Morgan fingerprint density at radius 3 is 2.34 bits per heavy atom. The maximum Gasteiger partial charge on any atom is 0.222 e. The van der Waals surface area contributed by atoms with Gasteiger partial charge in [-0.2, -0.15) is 0 Å². The molecule has 0 atom stereocenters. The van der Waals surface area contributed by atoms with Crippen LogP contribution < -0.4 is 10.5 Å². The molecule has 0 unspecified atom stereocenters. The molecule has 0 aliphatic heterocycles. The quantitative estimate of drug-likeness (QED) is 0.327. The number of pyridine rings is 3. The molecule has 5 heteroatoms. The predicted octanol–water partition coefficient (Wildman–Crippen LogP) is 5.93. The number of ether oxygens (including phenoxy) is 1. The molecule has 0 spiro atoms. The second kappa shape index (κ2) is 8.93. The zero-order chi connectivity index (χ0) is 23.7. The van der Waals surface area contributed by atoms with E-state index in [-0.39, 0.29) is 5.54 Å². The maximum absolute atomic E-state index is 6.41. The SMILES string of the molecule is NC1(c2ccc(-c3nc4ccnc(OCCc5ccncc5)c4cc3-c3ccccc3)cc2)CC1. The van der Waals surface area contributed by atoms with Crippen LogP contribution in [-0.4, -0.2) is 21.6 Å². The van der Waals surface area contributed by atoms with E-state index >= 15 is 0 Å². The summed E-state index contributed by atoms with van der Waals surface area (Å²) in [4.78, 5) is 13.7. The molecule has 172 valence electrons. The van der Waals surface area contributed by atoms with Gasteiger partial charge in [-0.15, -0.1) is 0 Å². The van der Waals surface area contributed by atoms with Crippen LogP contribution in [0.2, 0.25) is 0 Å². The van der Waals surface area contributed by atoms with Crippen LogP contribution >= 0.6 is 0 Å². The zero-order valence-electron chi connectivity index (χ0n) is 19.4.